The van der Waals surface area contributed by atoms with Crippen molar-refractivity contribution in [3.63, 3.8) is 0 Å². The number of carbonyl (C=O) groups excluding carboxylic acids is 2. The average Bonchev–Trinajstić information content (AvgIpc) is 2.69. The lowest BCUT2D eigenvalue weighted by molar-refractivity contribution is -0.160. The van der Waals surface area contributed by atoms with Crippen molar-refractivity contribution in [2.45, 2.75) is 25.9 Å². The molecule has 17 heavy (non-hydrogen) atoms. The third kappa shape index (κ3) is 5.65. The fourth-order valence-corrected chi connectivity index (χ4v) is 1.41. The predicted octanol–water partition coefficient (Wildman–Crippen LogP) is -0.139. The standard InChI is InChI=1S/C11H19NO5/c1-2-15-8-6-12-5-3-10(13)17-9-4-7-16-11(9)14/h9,12H,2-8H2,1H3. The molecule has 1 unspecified atom stereocenters. The van der Waals surface area contributed by atoms with E-state index in [0.717, 1.165) is 0 Å². The van der Waals surface area contributed by atoms with Gasteiger partial charge in [-0.25, -0.2) is 4.79 Å². The van der Waals surface area contributed by atoms with Crippen LogP contribution in [0.4, 0.5) is 0 Å². The summed E-state index contributed by atoms with van der Waals surface area (Å²) in [7, 11) is 0. The van der Waals surface area contributed by atoms with E-state index in [9.17, 15) is 9.59 Å². The molecule has 1 aliphatic rings. The zero-order valence-electron chi connectivity index (χ0n) is 10.1. The second kappa shape index (κ2) is 8.03. The van der Waals surface area contributed by atoms with Crippen LogP contribution in [0.1, 0.15) is 19.8 Å². The van der Waals surface area contributed by atoms with E-state index in [0.29, 0.717) is 39.3 Å². The van der Waals surface area contributed by atoms with Gasteiger partial charge in [0.05, 0.1) is 19.6 Å². The van der Waals surface area contributed by atoms with E-state index in [2.05, 4.69) is 10.1 Å². The van der Waals surface area contributed by atoms with Crippen molar-refractivity contribution in [3.05, 3.63) is 0 Å². The zero-order chi connectivity index (χ0) is 12.5. The molecule has 1 rings (SSSR count). The number of rotatable bonds is 8. The van der Waals surface area contributed by atoms with Gasteiger partial charge in [-0.2, -0.15) is 0 Å². The molecule has 0 radical (unpaired) electrons. The van der Waals surface area contributed by atoms with Gasteiger partial charge < -0.3 is 19.5 Å². The number of hydrogen-bond acceptors (Lipinski definition) is 6. The number of esters is 2. The summed E-state index contributed by atoms with van der Waals surface area (Å²) in [6.45, 7) is 4.80. The molecule has 0 aromatic rings. The first-order chi connectivity index (χ1) is 8.24. The van der Waals surface area contributed by atoms with E-state index in [1.807, 2.05) is 6.92 Å². The van der Waals surface area contributed by atoms with Gasteiger partial charge in [0.15, 0.2) is 0 Å². The van der Waals surface area contributed by atoms with Crippen molar-refractivity contribution in [1.82, 2.24) is 5.32 Å². The van der Waals surface area contributed by atoms with Crippen molar-refractivity contribution in [3.8, 4) is 0 Å². The van der Waals surface area contributed by atoms with Crippen LogP contribution in [0.5, 0.6) is 0 Å². The molecule has 0 aliphatic carbocycles. The molecule has 1 fully saturated rings. The Labute approximate surface area is 101 Å². The second-order valence-electron chi connectivity index (χ2n) is 3.63. The molecule has 1 heterocycles. The molecule has 1 atom stereocenters. The van der Waals surface area contributed by atoms with Gasteiger partial charge in [-0.1, -0.05) is 0 Å². The summed E-state index contributed by atoms with van der Waals surface area (Å²) >= 11 is 0. The minimum absolute atomic E-state index is 0.246. The fraction of sp³-hybridized carbons (Fsp3) is 0.818. The molecule has 0 aromatic heterocycles. The molecule has 6 heteroatoms. The van der Waals surface area contributed by atoms with Gasteiger partial charge in [0.25, 0.3) is 0 Å². The Bertz CT molecular complexity index is 256. The van der Waals surface area contributed by atoms with Crippen LogP contribution in [0, 0.1) is 0 Å². The first kappa shape index (κ1) is 13.9. The summed E-state index contributed by atoms with van der Waals surface area (Å²) in [6, 6.07) is 0. The Balaban J connectivity index is 1.99. The van der Waals surface area contributed by atoms with Gasteiger partial charge in [0, 0.05) is 26.1 Å². The quantitative estimate of drug-likeness (QED) is 0.474. The van der Waals surface area contributed by atoms with Crippen LogP contribution in [-0.2, 0) is 23.8 Å². The van der Waals surface area contributed by atoms with E-state index in [4.69, 9.17) is 9.47 Å². The predicted molar refractivity (Wildman–Crippen MR) is 59.4 cm³/mol. The summed E-state index contributed by atoms with van der Waals surface area (Å²) in [5, 5.41) is 3.05. The molecular formula is C11H19NO5. The van der Waals surface area contributed by atoms with Crippen LogP contribution in [-0.4, -0.2) is 51.0 Å². The largest absolute Gasteiger partial charge is 0.463 e. The minimum atomic E-state index is -0.703. The lowest BCUT2D eigenvalue weighted by Gasteiger charge is -2.08. The number of nitrogens with one attached hydrogen (secondary N) is 1. The van der Waals surface area contributed by atoms with Gasteiger partial charge in [-0.05, 0) is 6.92 Å². The van der Waals surface area contributed by atoms with Gasteiger partial charge in [0.1, 0.15) is 0 Å². The van der Waals surface area contributed by atoms with E-state index in [1.165, 1.54) is 0 Å². The topological polar surface area (TPSA) is 73.9 Å². The Morgan fingerprint density at radius 1 is 1.53 bits per heavy atom. The highest BCUT2D eigenvalue weighted by Gasteiger charge is 2.29. The number of cyclic esters (lactones) is 1. The molecule has 98 valence electrons. The first-order valence-corrected chi connectivity index (χ1v) is 5.88. The van der Waals surface area contributed by atoms with E-state index in [-0.39, 0.29) is 12.4 Å². The molecule has 0 amide bonds. The summed E-state index contributed by atoms with van der Waals surface area (Å²) < 4.78 is 14.8. The monoisotopic (exact) mass is 245 g/mol. The summed E-state index contributed by atoms with van der Waals surface area (Å²) in [4.78, 5) is 22.4. The highest BCUT2D eigenvalue weighted by atomic mass is 16.6. The molecule has 1 N–H and O–H groups in total. The Hall–Kier alpha value is -1.14. The zero-order valence-corrected chi connectivity index (χ0v) is 10.1. The highest BCUT2D eigenvalue weighted by molar-refractivity contribution is 5.80. The molecular weight excluding hydrogens is 226 g/mol. The van der Waals surface area contributed by atoms with Crippen molar-refractivity contribution < 1.29 is 23.8 Å². The number of hydrogen-bond donors (Lipinski definition) is 1. The highest BCUT2D eigenvalue weighted by Crippen LogP contribution is 2.10. The van der Waals surface area contributed by atoms with Crippen molar-refractivity contribution in [2.24, 2.45) is 0 Å². The van der Waals surface area contributed by atoms with Gasteiger partial charge >= 0.3 is 11.9 Å². The van der Waals surface area contributed by atoms with Crippen LogP contribution >= 0.6 is 0 Å². The Morgan fingerprint density at radius 2 is 2.35 bits per heavy atom. The SMILES string of the molecule is CCOCCNCCC(=O)OC1CCOC1=O. The molecule has 1 aliphatic heterocycles. The van der Waals surface area contributed by atoms with Crippen molar-refractivity contribution in [1.29, 1.82) is 0 Å². The molecule has 6 nitrogen and oxygen atoms in total. The fourth-order valence-electron chi connectivity index (χ4n) is 1.41. The normalized spacial score (nSPS) is 19.1. The van der Waals surface area contributed by atoms with E-state index >= 15 is 0 Å². The third-order valence-electron chi connectivity index (χ3n) is 2.29. The first-order valence-electron chi connectivity index (χ1n) is 5.88. The average molecular weight is 245 g/mol. The number of ether oxygens (including phenoxy) is 3. The molecule has 0 bridgehead atoms. The van der Waals surface area contributed by atoms with Crippen LogP contribution in [0.3, 0.4) is 0 Å². The smallest absolute Gasteiger partial charge is 0.347 e. The molecule has 0 spiro atoms. The Morgan fingerprint density at radius 3 is 3.00 bits per heavy atom. The van der Waals surface area contributed by atoms with Crippen LogP contribution in [0.15, 0.2) is 0 Å². The minimum Gasteiger partial charge on any atom is -0.463 e. The summed E-state index contributed by atoms with van der Waals surface area (Å²) in [5.41, 5.74) is 0. The van der Waals surface area contributed by atoms with Gasteiger partial charge in [-0.3, -0.25) is 4.79 Å². The van der Waals surface area contributed by atoms with E-state index < -0.39 is 12.1 Å². The second-order valence-corrected chi connectivity index (χ2v) is 3.63. The number of carbonyl (C=O) groups is 2. The van der Waals surface area contributed by atoms with Crippen molar-refractivity contribution >= 4 is 11.9 Å². The van der Waals surface area contributed by atoms with Gasteiger partial charge in [0.2, 0.25) is 6.10 Å². The van der Waals surface area contributed by atoms with E-state index in [1.54, 1.807) is 0 Å². The van der Waals surface area contributed by atoms with Crippen LogP contribution < -0.4 is 5.32 Å². The maximum atomic E-state index is 11.3. The lowest BCUT2D eigenvalue weighted by Crippen LogP contribution is -2.27. The lowest BCUT2D eigenvalue weighted by atomic mass is 10.3. The van der Waals surface area contributed by atoms with Crippen LogP contribution in [0.25, 0.3) is 0 Å². The summed E-state index contributed by atoms with van der Waals surface area (Å²) in [6.07, 6.45) is 0.00375. The molecule has 1 saturated heterocycles. The third-order valence-corrected chi connectivity index (χ3v) is 2.29. The maximum Gasteiger partial charge on any atom is 0.347 e. The summed E-state index contributed by atoms with van der Waals surface area (Å²) in [5.74, 6) is -0.819. The maximum absolute atomic E-state index is 11.3. The molecule has 0 saturated carbocycles. The molecule has 0 aromatic carbocycles. The van der Waals surface area contributed by atoms with Crippen molar-refractivity contribution in [2.75, 3.05) is 32.9 Å². The van der Waals surface area contributed by atoms with Crippen LogP contribution in [0.2, 0.25) is 0 Å². The Kier molecular flexibility index (Phi) is 6.57. The van der Waals surface area contributed by atoms with Gasteiger partial charge in [-0.15, -0.1) is 0 Å².